The lowest BCUT2D eigenvalue weighted by Gasteiger charge is -2.14. The van der Waals surface area contributed by atoms with E-state index in [1.165, 1.54) is 0 Å². The number of hydrogen-bond donors (Lipinski definition) is 0. The van der Waals surface area contributed by atoms with E-state index >= 15 is 0 Å². The molecule has 2 heterocycles. The molecule has 0 saturated heterocycles. The molecule has 0 bridgehead atoms. The van der Waals surface area contributed by atoms with Crippen molar-refractivity contribution < 1.29 is 14.3 Å². The van der Waals surface area contributed by atoms with E-state index in [0.717, 1.165) is 29.6 Å². The zero-order valence-corrected chi connectivity index (χ0v) is 13.4. The molecule has 0 N–H and O–H groups in total. The number of ether oxygens (including phenoxy) is 2. The van der Waals surface area contributed by atoms with Gasteiger partial charge in [-0.05, 0) is 30.7 Å². The summed E-state index contributed by atoms with van der Waals surface area (Å²) in [5.74, 6) is 1.15. The quantitative estimate of drug-likeness (QED) is 0.678. The van der Waals surface area contributed by atoms with Crippen LogP contribution in [0.4, 0.5) is 0 Å². The minimum atomic E-state index is 0.502. The Labute approximate surface area is 134 Å². The van der Waals surface area contributed by atoms with E-state index in [2.05, 4.69) is 12.0 Å². The Hall–Kier alpha value is -2.82. The maximum absolute atomic E-state index is 11.6. The highest BCUT2D eigenvalue weighted by molar-refractivity contribution is 5.91. The number of benzene rings is 1. The second kappa shape index (κ2) is 6.12. The summed E-state index contributed by atoms with van der Waals surface area (Å²) in [6.45, 7) is 2.06. The predicted molar refractivity (Wildman–Crippen MR) is 88.5 cm³/mol. The van der Waals surface area contributed by atoms with Crippen LogP contribution in [0.3, 0.4) is 0 Å². The van der Waals surface area contributed by atoms with Crippen molar-refractivity contribution in [3.8, 4) is 22.8 Å². The number of pyridine rings is 1. The van der Waals surface area contributed by atoms with Gasteiger partial charge < -0.3 is 9.47 Å². The molecule has 0 amide bonds. The number of fused-ring (bicyclic) bond motifs is 1. The molecule has 0 radical (unpaired) electrons. The Kier molecular flexibility index (Phi) is 4.02. The van der Waals surface area contributed by atoms with Gasteiger partial charge in [-0.1, -0.05) is 13.0 Å². The van der Waals surface area contributed by atoms with Crippen LogP contribution < -0.4 is 9.47 Å². The van der Waals surface area contributed by atoms with Gasteiger partial charge >= 0.3 is 0 Å². The Morgan fingerprint density at radius 1 is 1.17 bits per heavy atom. The van der Waals surface area contributed by atoms with Crippen molar-refractivity contribution in [2.45, 2.75) is 13.3 Å². The first-order valence-electron chi connectivity index (χ1n) is 7.41. The Bertz CT molecular complexity index is 868. The molecule has 23 heavy (non-hydrogen) atoms. The molecule has 3 aromatic rings. The third kappa shape index (κ3) is 2.54. The number of hydrogen-bond acceptors (Lipinski definition) is 4. The van der Waals surface area contributed by atoms with Gasteiger partial charge in [0.15, 0.2) is 6.29 Å². The number of aldehydes is 1. The highest BCUT2D eigenvalue weighted by Crippen LogP contribution is 2.36. The number of methoxy groups -OCH3 is 2. The maximum atomic E-state index is 11.6. The number of nitrogens with zero attached hydrogens (tertiary/aromatic N) is 2. The van der Waals surface area contributed by atoms with Crippen molar-refractivity contribution in [3.63, 3.8) is 0 Å². The Balaban J connectivity index is 2.33. The van der Waals surface area contributed by atoms with Gasteiger partial charge in [-0.3, -0.25) is 4.79 Å². The van der Waals surface area contributed by atoms with Crippen LogP contribution in [0, 0.1) is 0 Å². The second-order valence-electron chi connectivity index (χ2n) is 5.15. The topological polar surface area (TPSA) is 52.8 Å². The third-order valence-corrected chi connectivity index (χ3v) is 3.84. The minimum Gasteiger partial charge on any atom is -0.497 e. The van der Waals surface area contributed by atoms with Gasteiger partial charge in [-0.25, -0.2) is 4.52 Å². The van der Waals surface area contributed by atoms with Crippen LogP contribution in [-0.2, 0) is 6.42 Å². The van der Waals surface area contributed by atoms with Crippen LogP contribution in [0.25, 0.3) is 16.8 Å². The largest absolute Gasteiger partial charge is 0.497 e. The standard InChI is InChI=1S/C18H18N2O3/c1-4-13-9-14-6-5-7-16(20(14)19-13)18-12(11-21)8-15(22-2)10-17(18)23-3/h5-11H,4H2,1-3H3. The smallest absolute Gasteiger partial charge is 0.151 e. The van der Waals surface area contributed by atoms with Gasteiger partial charge in [0.05, 0.1) is 36.7 Å². The van der Waals surface area contributed by atoms with Crippen LogP contribution in [0.2, 0.25) is 0 Å². The molecule has 0 aliphatic rings. The highest BCUT2D eigenvalue weighted by atomic mass is 16.5. The van der Waals surface area contributed by atoms with Gasteiger partial charge in [0.2, 0.25) is 0 Å². The molecule has 118 valence electrons. The SMILES string of the molecule is CCc1cc2cccc(-c3c(C=O)cc(OC)cc3OC)n2n1. The lowest BCUT2D eigenvalue weighted by atomic mass is 10.0. The normalized spacial score (nSPS) is 10.7. The number of carbonyl (C=O) groups excluding carboxylic acids is 1. The maximum Gasteiger partial charge on any atom is 0.151 e. The highest BCUT2D eigenvalue weighted by Gasteiger charge is 2.17. The molecule has 0 aliphatic carbocycles. The fraction of sp³-hybridized carbons (Fsp3) is 0.222. The van der Waals surface area contributed by atoms with E-state index < -0.39 is 0 Å². The van der Waals surface area contributed by atoms with Crippen LogP contribution in [0.5, 0.6) is 11.5 Å². The average molecular weight is 310 g/mol. The van der Waals surface area contributed by atoms with Crippen LogP contribution in [-0.4, -0.2) is 30.1 Å². The van der Waals surface area contributed by atoms with E-state index in [1.807, 2.05) is 28.8 Å². The average Bonchev–Trinajstić information content (AvgIpc) is 3.03. The summed E-state index contributed by atoms with van der Waals surface area (Å²) < 4.78 is 12.6. The first-order valence-corrected chi connectivity index (χ1v) is 7.41. The first kappa shape index (κ1) is 15.1. The zero-order valence-electron chi connectivity index (χ0n) is 13.4. The van der Waals surface area contributed by atoms with E-state index in [9.17, 15) is 4.79 Å². The molecule has 5 nitrogen and oxygen atoms in total. The summed E-state index contributed by atoms with van der Waals surface area (Å²) in [6, 6.07) is 11.4. The van der Waals surface area contributed by atoms with Crippen molar-refractivity contribution in [2.24, 2.45) is 0 Å². The fourth-order valence-electron chi connectivity index (χ4n) is 2.69. The van der Waals surface area contributed by atoms with E-state index in [-0.39, 0.29) is 0 Å². The van der Waals surface area contributed by atoms with Gasteiger partial charge in [0, 0.05) is 11.6 Å². The number of carbonyl (C=O) groups is 1. The van der Waals surface area contributed by atoms with Crippen LogP contribution in [0.1, 0.15) is 23.0 Å². The molecule has 2 aromatic heterocycles. The lowest BCUT2D eigenvalue weighted by molar-refractivity contribution is 0.112. The fourth-order valence-corrected chi connectivity index (χ4v) is 2.69. The molecule has 0 aliphatic heterocycles. The predicted octanol–water partition coefficient (Wildman–Crippen LogP) is 3.39. The van der Waals surface area contributed by atoms with Crippen molar-refractivity contribution >= 4 is 11.8 Å². The minimum absolute atomic E-state index is 0.502. The van der Waals surface area contributed by atoms with Gasteiger partial charge in [0.25, 0.3) is 0 Å². The summed E-state index contributed by atoms with van der Waals surface area (Å²) in [6.07, 6.45) is 1.66. The van der Waals surface area contributed by atoms with E-state index in [4.69, 9.17) is 9.47 Å². The summed E-state index contributed by atoms with van der Waals surface area (Å²) in [5.41, 5.74) is 4.00. The third-order valence-electron chi connectivity index (χ3n) is 3.84. The van der Waals surface area contributed by atoms with Crippen LogP contribution in [0.15, 0.2) is 36.4 Å². The van der Waals surface area contributed by atoms with Gasteiger partial charge in [-0.2, -0.15) is 5.10 Å². The molecule has 0 saturated carbocycles. The second-order valence-corrected chi connectivity index (χ2v) is 5.15. The first-order chi connectivity index (χ1) is 11.2. The van der Waals surface area contributed by atoms with Crippen molar-refractivity contribution in [1.29, 1.82) is 0 Å². The van der Waals surface area contributed by atoms with Crippen molar-refractivity contribution in [2.75, 3.05) is 14.2 Å². The van der Waals surface area contributed by atoms with Crippen molar-refractivity contribution in [3.05, 3.63) is 47.7 Å². The summed E-state index contributed by atoms with van der Waals surface area (Å²) in [5, 5.41) is 4.61. The Morgan fingerprint density at radius 2 is 2.00 bits per heavy atom. The Morgan fingerprint density at radius 3 is 2.65 bits per heavy atom. The molecule has 5 heteroatoms. The van der Waals surface area contributed by atoms with Gasteiger partial charge in [-0.15, -0.1) is 0 Å². The molecule has 0 atom stereocenters. The molecular formula is C18H18N2O3. The molecule has 0 fully saturated rings. The lowest BCUT2D eigenvalue weighted by Crippen LogP contribution is -2.01. The molecule has 1 aromatic carbocycles. The number of aromatic nitrogens is 2. The molecule has 0 unspecified atom stereocenters. The molecule has 3 rings (SSSR count). The van der Waals surface area contributed by atoms with Gasteiger partial charge in [0.1, 0.15) is 11.5 Å². The molecule has 0 spiro atoms. The summed E-state index contributed by atoms with van der Waals surface area (Å²) in [7, 11) is 3.14. The van der Waals surface area contributed by atoms with Crippen LogP contribution >= 0.6 is 0 Å². The van der Waals surface area contributed by atoms with E-state index in [1.54, 1.807) is 26.4 Å². The summed E-state index contributed by atoms with van der Waals surface area (Å²) >= 11 is 0. The number of aryl methyl sites for hydroxylation is 1. The monoisotopic (exact) mass is 310 g/mol. The summed E-state index contributed by atoms with van der Waals surface area (Å²) in [4.78, 5) is 11.6. The zero-order chi connectivity index (χ0) is 16.4. The van der Waals surface area contributed by atoms with Crippen molar-refractivity contribution in [1.82, 2.24) is 9.61 Å². The number of rotatable bonds is 5. The van der Waals surface area contributed by atoms with E-state index in [0.29, 0.717) is 22.6 Å². The molecular weight excluding hydrogens is 292 g/mol.